The Bertz CT molecular complexity index is 2240. The molecule has 0 saturated heterocycles. The Morgan fingerprint density at radius 3 is 2.00 bits per heavy atom. The standard InChI is InChI=1S/C38H30N4O/c1-38(2,3)25-18-21-34-31(22-25)35-36(43-34)37(40-24-39-35)42-32-17-11-10-16-29(32)30-23-28(19-20-33(30)42)41(26-12-6-4-7-13-26)27-14-8-5-9-15-27/h4-24H,1-3H3. The molecule has 3 aromatic heterocycles. The number of para-hydroxylation sites is 3. The molecule has 3 heterocycles. The van der Waals surface area contributed by atoms with Crippen LogP contribution in [0.5, 0.6) is 0 Å². The summed E-state index contributed by atoms with van der Waals surface area (Å²) in [4.78, 5) is 11.8. The van der Waals surface area contributed by atoms with Crippen molar-refractivity contribution in [2.75, 3.05) is 4.90 Å². The molecule has 0 spiro atoms. The van der Waals surface area contributed by atoms with Crippen LogP contribution < -0.4 is 4.90 Å². The third kappa shape index (κ3) is 4.08. The van der Waals surface area contributed by atoms with Crippen LogP contribution in [0.3, 0.4) is 0 Å². The van der Waals surface area contributed by atoms with Crippen LogP contribution in [0.4, 0.5) is 17.1 Å². The first-order chi connectivity index (χ1) is 21.0. The van der Waals surface area contributed by atoms with Crippen molar-refractivity contribution in [1.82, 2.24) is 14.5 Å². The Morgan fingerprint density at radius 1 is 0.605 bits per heavy atom. The van der Waals surface area contributed by atoms with Crippen LogP contribution in [-0.4, -0.2) is 14.5 Å². The number of hydrogen-bond donors (Lipinski definition) is 0. The zero-order valence-electron chi connectivity index (χ0n) is 24.3. The highest BCUT2D eigenvalue weighted by atomic mass is 16.3. The van der Waals surface area contributed by atoms with Gasteiger partial charge in [0.2, 0.25) is 0 Å². The van der Waals surface area contributed by atoms with Gasteiger partial charge >= 0.3 is 0 Å². The molecule has 5 aromatic carbocycles. The Hall–Kier alpha value is -5.42. The largest absolute Gasteiger partial charge is 0.450 e. The maximum Gasteiger partial charge on any atom is 0.197 e. The topological polar surface area (TPSA) is 47.1 Å². The minimum Gasteiger partial charge on any atom is -0.450 e. The summed E-state index contributed by atoms with van der Waals surface area (Å²) in [5.41, 5.74) is 9.00. The maximum atomic E-state index is 6.50. The van der Waals surface area contributed by atoms with Gasteiger partial charge in [0.05, 0.1) is 11.0 Å². The van der Waals surface area contributed by atoms with Crippen molar-refractivity contribution >= 4 is 60.9 Å². The van der Waals surface area contributed by atoms with E-state index < -0.39 is 0 Å². The molecule has 0 unspecified atom stereocenters. The van der Waals surface area contributed by atoms with E-state index in [1.54, 1.807) is 6.33 Å². The highest BCUT2D eigenvalue weighted by Gasteiger charge is 2.22. The van der Waals surface area contributed by atoms with Gasteiger partial charge in [-0.2, -0.15) is 0 Å². The summed E-state index contributed by atoms with van der Waals surface area (Å²) in [5, 5.41) is 3.30. The van der Waals surface area contributed by atoms with E-state index in [0.29, 0.717) is 5.58 Å². The fourth-order valence-corrected chi connectivity index (χ4v) is 6.12. The highest BCUT2D eigenvalue weighted by molar-refractivity contribution is 6.12. The van der Waals surface area contributed by atoms with E-state index in [2.05, 4.69) is 139 Å². The molecule has 0 saturated carbocycles. The minimum absolute atomic E-state index is 0.0194. The van der Waals surface area contributed by atoms with Crippen molar-refractivity contribution in [3.8, 4) is 5.82 Å². The molecule has 0 radical (unpaired) electrons. The van der Waals surface area contributed by atoms with Crippen molar-refractivity contribution in [3.63, 3.8) is 0 Å². The summed E-state index contributed by atoms with van der Waals surface area (Å²) >= 11 is 0. The number of hydrogen-bond acceptors (Lipinski definition) is 4. The molecule has 0 atom stereocenters. The first-order valence-corrected chi connectivity index (χ1v) is 14.6. The molecule has 0 aliphatic carbocycles. The van der Waals surface area contributed by atoms with Crippen LogP contribution in [0.25, 0.3) is 49.7 Å². The molecular formula is C38H30N4O. The van der Waals surface area contributed by atoms with Crippen LogP contribution in [-0.2, 0) is 5.41 Å². The quantitative estimate of drug-likeness (QED) is 0.216. The van der Waals surface area contributed by atoms with E-state index in [1.807, 2.05) is 12.1 Å². The lowest BCUT2D eigenvalue weighted by molar-refractivity contribution is 0.590. The molecule has 5 heteroatoms. The lowest BCUT2D eigenvalue weighted by Crippen LogP contribution is -2.10. The summed E-state index contributed by atoms with van der Waals surface area (Å²) in [5.74, 6) is 0.737. The smallest absolute Gasteiger partial charge is 0.197 e. The second-order valence-electron chi connectivity index (χ2n) is 12.0. The molecule has 0 bridgehead atoms. The number of aromatic nitrogens is 3. The number of benzene rings is 5. The van der Waals surface area contributed by atoms with Gasteiger partial charge < -0.3 is 9.32 Å². The molecule has 5 nitrogen and oxygen atoms in total. The summed E-state index contributed by atoms with van der Waals surface area (Å²) < 4.78 is 8.71. The van der Waals surface area contributed by atoms with Crippen LogP contribution in [0.15, 0.2) is 132 Å². The molecule has 0 N–H and O–H groups in total. The monoisotopic (exact) mass is 558 g/mol. The second kappa shape index (κ2) is 9.57. The normalized spacial score (nSPS) is 12.1. The van der Waals surface area contributed by atoms with E-state index in [1.165, 1.54) is 5.56 Å². The van der Waals surface area contributed by atoms with E-state index in [4.69, 9.17) is 14.4 Å². The van der Waals surface area contributed by atoms with Gasteiger partial charge in [0, 0.05) is 33.2 Å². The Labute approximate surface area is 249 Å². The number of anilines is 3. The predicted molar refractivity (Wildman–Crippen MR) is 177 cm³/mol. The van der Waals surface area contributed by atoms with Crippen molar-refractivity contribution in [2.45, 2.75) is 26.2 Å². The predicted octanol–water partition coefficient (Wildman–Crippen LogP) is 10.2. The van der Waals surface area contributed by atoms with E-state index in [-0.39, 0.29) is 5.41 Å². The summed E-state index contributed by atoms with van der Waals surface area (Å²) in [7, 11) is 0. The van der Waals surface area contributed by atoms with Gasteiger partial charge in [-0.1, -0.05) is 81.4 Å². The lowest BCUT2D eigenvalue weighted by Gasteiger charge is -2.25. The molecule has 43 heavy (non-hydrogen) atoms. The summed E-state index contributed by atoms with van der Waals surface area (Å²) in [6.07, 6.45) is 1.65. The van der Waals surface area contributed by atoms with Crippen molar-refractivity contribution in [3.05, 3.63) is 133 Å². The summed E-state index contributed by atoms with van der Waals surface area (Å²) in [6, 6.07) is 42.5. The number of nitrogens with zero attached hydrogens (tertiary/aromatic N) is 4. The first kappa shape index (κ1) is 25.3. The lowest BCUT2D eigenvalue weighted by atomic mass is 9.86. The Balaban J connectivity index is 1.38. The second-order valence-corrected chi connectivity index (χ2v) is 12.0. The van der Waals surface area contributed by atoms with Gasteiger partial charge in [-0.05, 0) is 71.6 Å². The van der Waals surface area contributed by atoms with Gasteiger partial charge in [-0.25, -0.2) is 9.97 Å². The van der Waals surface area contributed by atoms with Crippen LogP contribution in [0.2, 0.25) is 0 Å². The van der Waals surface area contributed by atoms with Gasteiger partial charge in [-0.15, -0.1) is 0 Å². The Kier molecular flexibility index (Phi) is 5.63. The highest BCUT2D eigenvalue weighted by Crippen LogP contribution is 2.41. The number of rotatable bonds is 4. The zero-order valence-corrected chi connectivity index (χ0v) is 24.3. The van der Waals surface area contributed by atoms with Crippen LogP contribution in [0, 0.1) is 0 Å². The number of fused-ring (bicyclic) bond motifs is 6. The molecule has 0 aliphatic heterocycles. The maximum absolute atomic E-state index is 6.50. The average Bonchev–Trinajstić information content (AvgIpc) is 3.57. The Morgan fingerprint density at radius 2 is 1.28 bits per heavy atom. The third-order valence-electron chi connectivity index (χ3n) is 8.25. The SMILES string of the molecule is CC(C)(C)c1ccc2oc3c(-n4c5ccccc5c5cc(N(c6ccccc6)c6ccccc6)ccc54)ncnc3c2c1. The molecular weight excluding hydrogens is 528 g/mol. The first-order valence-electron chi connectivity index (χ1n) is 14.6. The molecule has 8 rings (SSSR count). The van der Waals surface area contributed by atoms with E-state index in [0.717, 1.165) is 61.2 Å². The fraction of sp³-hybridized carbons (Fsp3) is 0.105. The fourth-order valence-electron chi connectivity index (χ4n) is 6.12. The third-order valence-corrected chi connectivity index (χ3v) is 8.25. The van der Waals surface area contributed by atoms with Crippen molar-refractivity contribution in [1.29, 1.82) is 0 Å². The van der Waals surface area contributed by atoms with Crippen LogP contribution >= 0.6 is 0 Å². The zero-order chi connectivity index (χ0) is 29.1. The molecule has 0 aliphatic rings. The van der Waals surface area contributed by atoms with Gasteiger partial charge in [-0.3, -0.25) is 4.57 Å². The van der Waals surface area contributed by atoms with Crippen molar-refractivity contribution < 1.29 is 4.42 Å². The van der Waals surface area contributed by atoms with E-state index in [9.17, 15) is 0 Å². The average molecular weight is 559 g/mol. The van der Waals surface area contributed by atoms with Crippen molar-refractivity contribution in [2.24, 2.45) is 0 Å². The van der Waals surface area contributed by atoms with Crippen LogP contribution in [0.1, 0.15) is 26.3 Å². The van der Waals surface area contributed by atoms with Gasteiger partial charge in [0.25, 0.3) is 0 Å². The number of furan rings is 1. The summed E-state index contributed by atoms with van der Waals surface area (Å²) in [6.45, 7) is 6.67. The molecule has 0 fully saturated rings. The molecule has 208 valence electrons. The minimum atomic E-state index is 0.0194. The molecule has 0 amide bonds. The molecule has 8 aromatic rings. The van der Waals surface area contributed by atoms with Gasteiger partial charge in [0.15, 0.2) is 11.4 Å². The van der Waals surface area contributed by atoms with Gasteiger partial charge in [0.1, 0.15) is 17.4 Å². The van der Waals surface area contributed by atoms with E-state index >= 15 is 0 Å².